The number of carbonyl (C=O) groups is 1. The fraction of sp³-hybridized carbons (Fsp3) is 0.625. The van der Waals surface area contributed by atoms with Gasteiger partial charge >= 0.3 is 0 Å². The molecular weight excluding hydrogens is 264 g/mol. The molecule has 1 aliphatic heterocycles. The first-order valence-corrected chi connectivity index (χ1v) is 7.97. The molecule has 1 amide bonds. The summed E-state index contributed by atoms with van der Waals surface area (Å²) in [6.07, 6.45) is 6.70. The van der Waals surface area contributed by atoms with Crippen molar-refractivity contribution < 1.29 is 4.79 Å². The van der Waals surface area contributed by atoms with Crippen LogP contribution < -0.4 is 16.0 Å². The van der Waals surface area contributed by atoms with Gasteiger partial charge in [0.25, 0.3) is 0 Å². The van der Waals surface area contributed by atoms with Gasteiger partial charge in [-0.3, -0.25) is 4.79 Å². The number of rotatable bonds is 9. The monoisotopic (exact) mass is 290 g/mol. The normalized spacial score (nSPS) is 17.6. The highest BCUT2D eigenvalue weighted by atomic mass is 16.1. The van der Waals surface area contributed by atoms with E-state index in [1.807, 2.05) is 18.2 Å². The van der Waals surface area contributed by atoms with Crippen LogP contribution in [0.25, 0.3) is 0 Å². The Morgan fingerprint density at radius 2 is 2.24 bits per heavy atom. The van der Waals surface area contributed by atoms with Crippen molar-refractivity contribution in [3.05, 3.63) is 24.4 Å². The van der Waals surface area contributed by atoms with E-state index in [4.69, 9.17) is 0 Å². The molecular formula is C16H26N4O. The van der Waals surface area contributed by atoms with E-state index in [1.54, 1.807) is 6.20 Å². The van der Waals surface area contributed by atoms with Crippen LogP contribution in [0.15, 0.2) is 24.4 Å². The molecule has 1 aromatic rings. The lowest BCUT2D eigenvalue weighted by molar-refractivity contribution is -0.121. The SMILES string of the molecule is O=C(CCC1CCNC1)NCCCCNc1ccccn1. The molecule has 1 aromatic heterocycles. The average molecular weight is 290 g/mol. The van der Waals surface area contributed by atoms with Gasteiger partial charge in [-0.2, -0.15) is 0 Å². The Bertz CT molecular complexity index is 404. The summed E-state index contributed by atoms with van der Waals surface area (Å²) >= 11 is 0. The summed E-state index contributed by atoms with van der Waals surface area (Å²) in [6.45, 7) is 3.84. The van der Waals surface area contributed by atoms with Gasteiger partial charge in [0.2, 0.25) is 5.91 Å². The van der Waals surface area contributed by atoms with E-state index in [-0.39, 0.29) is 5.91 Å². The zero-order chi connectivity index (χ0) is 14.8. The molecule has 1 fully saturated rings. The van der Waals surface area contributed by atoms with Gasteiger partial charge in [0, 0.05) is 25.7 Å². The van der Waals surface area contributed by atoms with Crippen LogP contribution in [0.5, 0.6) is 0 Å². The molecule has 1 saturated heterocycles. The summed E-state index contributed by atoms with van der Waals surface area (Å²) in [4.78, 5) is 15.9. The highest BCUT2D eigenvalue weighted by Gasteiger charge is 2.15. The van der Waals surface area contributed by atoms with Gasteiger partial charge < -0.3 is 16.0 Å². The van der Waals surface area contributed by atoms with Crippen molar-refractivity contribution in [3.63, 3.8) is 0 Å². The van der Waals surface area contributed by atoms with Crippen molar-refractivity contribution >= 4 is 11.7 Å². The Kier molecular flexibility index (Phi) is 7.01. The molecule has 21 heavy (non-hydrogen) atoms. The van der Waals surface area contributed by atoms with Crippen LogP contribution in [0, 0.1) is 5.92 Å². The van der Waals surface area contributed by atoms with E-state index in [0.29, 0.717) is 12.3 Å². The molecule has 2 rings (SSSR count). The molecule has 5 nitrogen and oxygen atoms in total. The number of carbonyl (C=O) groups excluding carboxylic acids is 1. The van der Waals surface area contributed by atoms with E-state index in [1.165, 1.54) is 6.42 Å². The molecule has 116 valence electrons. The number of pyridine rings is 1. The minimum atomic E-state index is 0.194. The van der Waals surface area contributed by atoms with Crippen molar-refractivity contribution in [1.82, 2.24) is 15.6 Å². The van der Waals surface area contributed by atoms with Crippen molar-refractivity contribution in [1.29, 1.82) is 0 Å². The van der Waals surface area contributed by atoms with Crippen molar-refractivity contribution in [2.24, 2.45) is 5.92 Å². The predicted octanol–water partition coefficient (Wildman–Crippen LogP) is 1.78. The average Bonchev–Trinajstić information content (AvgIpc) is 3.03. The zero-order valence-corrected chi connectivity index (χ0v) is 12.6. The van der Waals surface area contributed by atoms with Crippen molar-refractivity contribution in [2.45, 2.75) is 32.1 Å². The second-order valence-corrected chi connectivity index (χ2v) is 5.60. The Hall–Kier alpha value is -1.62. The number of anilines is 1. The summed E-state index contributed by atoms with van der Waals surface area (Å²) in [5.41, 5.74) is 0. The lowest BCUT2D eigenvalue weighted by Crippen LogP contribution is -2.25. The van der Waals surface area contributed by atoms with E-state index >= 15 is 0 Å². The third kappa shape index (κ3) is 6.58. The Morgan fingerprint density at radius 3 is 3.00 bits per heavy atom. The minimum absolute atomic E-state index is 0.194. The fourth-order valence-electron chi connectivity index (χ4n) is 2.55. The minimum Gasteiger partial charge on any atom is -0.370 e. The first kappa shape index (κ1) is 15.8. The van der Waals surface area contributed by atoms with Gasteiger partial charge in [-0.05, 0) is 56.8 Å². The third-order valence-corrected chi connectivity index (χ3v) is 3.84. The maximum Gasteiger partial charge on any atom is 0.220 e. The van der Waals surface area contributed by atoms with Crippen molar-refractivity contribution in [2.75, 3.05) is 31.5 Å². The topological polar surface area (TPSA) is 66.1 Å². The molecule has 1 aliphatic rings. The molecule has 0 bridgehead atoms. The van der Waals surface area contributed by atoms with E-state index in [0.717, 1.165) is 51.3 Å². The number of hydrogen-bond acceptors (Lipinski definition) is 4. The number of unbranched alkanes of at least 4 members (excludes halogenated alkanes) is 1. The summed E-state index contributed by atoms with van der Waals surface area (Å²) in [7, 11) is 0. The second kappa shape index (κ2) is 9.34. The number of amides is 1. The maximum absolute atomic E-state index is 11.7. The van der Waals surface area contributed by atoms with Gasteiger partial charge in [-0.1, -0.05) is 6.07 Å². The standard InChI is InChI=1S/C16H26N4O/c21-16(7-6-14-8-12-17-13-14)20-11-4-3-10-19-15-5-1-2-9-18-15/h1-2,5,9,14,17H,3-4,6-8,10-13H2,(H,18,19)(H,20,21). The molecule has 0 radical (unpaired) electrons. The number of hydrogen-bond donors (Lipinski definition) is 3. The van der Waals surface area contributed by atoms with Crippen molar-refractivity contribution in [3.8, 4) is 0 Å². The Labute approximate surface area is 126 Å². The van der Waals surface area contributed by atoms with Gasteiger partial charge in [0.1, 0.15) is 5.82 Å². The lowest BCUT2D eigenvalue weighted by Gasteiger charge is -2.09. The van der Waals surface area contributed by atoms with E-state index in [2.05, 4.69) is 20.9 Å². The molecule has 1 unspecified atom stereocenters. The summed E-state index contributed by atoms with van der Waals surface area (Å²) < 4.78 is 0. The van der Waals surface area contributed by atoms with Gasteiger partial charge in [0.15, 0.2) is 0 Å². The van der Waals surface area contributed by atoms with Crippen LogP contribution in [-0.4, -0.2) is 37.1 Å². The summed E-state index contributed by atoms with van der Waals surface area (Å²) in [5.74, 6) is 1.80. The van der Waals surface area contributed by atoms with Crippen LogP contribution in [0.4, 0.5) is 5.82 Å². The lowest BCUT2D eigenvalue weighted by atomic mass is 10.0. The van der Waals surface area contributed by atoms with Crippen LogP contribution in [0.3, 0.4) is 0 Å². The molecule has 3 N–H and O–H groups in total. The van der Waals surface area contributed by atoms with Crippen LogP contribution in [0.1, 0.15) is 32.1 Å². The Balaban J connectivity index is 1.43. The molecule has 2 heterocycles. The molecule has 5 heteroatoms. The first-order valence-electron chi connectivity index (χ1n) is 7.97. The molecule has 0 aromatic carbocycles. The smallest absolute Gasteiger partial charge is 0.220 e. The number of nitrogens with zero attached hydrogens (tertiary/aromatic N) is 1. The third-order valence-electron chi connectivity index (χ3n) is 3.84. The maximum atomic E-state index is 11.7. The van der Waals surface area contributed by atoms with Crippen LogP contribution in [0.2, 0.25) is 0 Å². The molecule has 0 saturated carbocycles. The van der Waals surface area contributed by atoms with Gasteiger partial charge in [0.05, 0.1) is 0 Å². The largest absolute Gasteiger partial charge is 0.370 e. The second-order valence-electron chi connectivity index (χ2n) is 5.60. The highest BCUT2D eigenvalue weighted by molar-refractivity contribution is 5.75. The molecule has 0 spiro atoms. The molecule has 1 atom stereocenters. The van der Waals surface area contributed by atoms with E-state index in [9.17, 15) is 4.79 Å². The Morgan fingerprint density at radius 1 is 1.33 bits per heavy atom. The number of aromatic nitrogens is 1. The molecule has 0 aliphatic carbocycles. The van der Waals surface area contributed by atoms with E-state index < -0.39 is 0 Å². The van der Waals surface area contributed by atoms with Gasteiger partial charge in [-0.15, -0.1) is 0 Å². The zero-order valence-electron chi connectivity index (χ0n) is 12.6. The summed E-state index contributed by atoms with van der Waals surface area (Å²) in [6, 6.07) is 5.83. The number of nitrogens with one attached hydrogen (secondary N) is 3. The predicted molar refractivity (Wildman–Crippen MR) is 85.2 cm³/mol. The van der Waals surface area contributed by atoms with Gasteiger partial charge in [-0.25, -0.2) is 4.98 Å². The quantitative estimate of drug-likeness (QED) is 0.607. The first-order chi connectivity index (χ1) is 10.3. The summed E-state index contributed by atoms with van der Waals surface area (Å²) in [5, 5.41) is 9.60. The van der Waals surface area contributed by atoms with Crippen LogP contribution in [-0.2, 0) is 4.79 Å². The fourth-order valence-corrected chi connectivity index (χ4v) is 2.55. The highest BCUT2D eigenvalue weighted by Crippen LogP contribution is 2.13. The van der Waals surface area contributed by atoms with Crippen LogP contribution >= 0.6 is 0 Å².